The summed E-state index contributed by atoms with van der Waals surface area (Å²) in [7, 11) is 0. The molecule has 2 heteroatoms. The Balaban J connectivity index is 2.39. The first-order valence-electron chi connectivity index (χ1n) is 7.19. The first-order valence-corrected chi connectivity index (χ1v) is 7.57. The molecule has 0 spiro atoms. The maximum absolute atomic E-state index is 6.41. The summed E-state index contributed by atoms with van der Waals surface area (Å²) in [6.45, 7) is 6.42. The molecule has 0 saturated carbocycles. The maximum Gasteiger partial charge on any atom is 0.0552 e. The zero-order valence-corrected chi connectivity index (χ0v) is 13.2. The number of rotatable bonds is 4. The Morgan fingerprint density at radius 3 is 2.25 bits per heavy atom. The molecule has 0 heterocycles. The van der Waals surface area contributed by atoms with E-state index in [4.69, 9.17) is 17.3 Å². The Bertz CT molecular complexity index is 584. The molecule has 0 aliphatic carbocycles. The van der Waals surface area contributed by atoms with E-state index in [-0.39, 0.29) is 6.04 Å². The summed E-state index contributed by atoms with van der Waals surface area (Å²) in [5.41, 5.74) is 12.6. The summed E-state index contributed by atoms with van der Waals surface area (Å²) in [6.07, 6.45) is 2.10. The summed E-state index contributed by atoms with van der Waals surface area (Å²) in [4.78, 5) is 0. The van der Waals surface area contributed by atoms with Gasteiger partial charge in [0.1, 0.15) is 0 Å². The molecule has 2 rings (SSSR count). The highest BCUT2D eigenvalue weighted by Crippen LogP contribution is 2.26. The molecule has 0 amide bonds. The van der Waals surface area contributed by atoms with Crippen LogP contribution in [-0.2, 0) is 12.8 Å². The summed E-state index contributed by atoms with van der Waals surface area (Å²) >= 11 is 6.13. The minimum atomic E-state index is -0.122. The third-order valence-corrected chi connectivity index (χ3v) is 3.99. The van der Waals surface area contributed by atoms with Gasteiger partial charge in [-0.3, -0.25) is 0 Å². The molecular formula is C18H22ClN. The Morgan fingerprint density at radius 1 is 0.950 bits per heavy atom. The van der Waals surface area contributed by atoms with Crippen LogP contribution in [0.25, 0.3) is 0 Å². The van der Waals surface area contributed by atoms with E-state index >= 15 is 0 Å². The Kier molecular flexibility index (Phi) is 4.85. The summed E-state index contributed by atoms with van der Waals surface area (Å²) in [5.74, 6) is 0. The van der Waals surface area contributed by atoms with Crippen LogP contribution >= 0.6 is 11.6 Å². The number of hydrogen-bond donors (Lipinski definition) is 1. The van der Waals surface area contributed by atoms with Gasteiger partial charge in [-0.1, -0.05) is 49.7 Å². The molecule has 0 aliphatic heterocycles. The molecule has 0 aliphatic rings. The first kappa shape index (κ1) is 15.1. The van der Waals surface area contributed by atoms with Crippen LogP contribution in [0.5, 0.6) is 0 Å². The van der Waals surface area contributed by atoms with Crippen molar-refractivity contribution in [3.63, 3.8) is 0 Å². The summed E-state index contributed by atoms with van der Waals surface area (Å²) < 4.78 is 0. The molecule has 2 N–H and O–H groups in total. The number of aryl methyl sites for hydroxylation is 3. The monoisotopic (exact) mass is 287 g/mol. The number of benzene rings is 2. The Morgan fingerprint density at radius 2 is 1.65 bits per heavy atom. The molecule has 1 unspecified atom stereocenters. The van der Waals surface area contributed by atoms with E-state index in [1.54, 1.807) is 0 Å². The van der Waals surface area contributed by atoms with E-state index in [9.17, 15) is 0 Å². The van der Waals surface area contributed by atoms with E-state index in [1.165, 1.54) is 11.1 Å². The van der Waals surface area contributed by atoms with Gasteiger partial charge in [0.2, 0.25) is 0 Å². The third-order valence-electron chi connectivity index (χ3n) is 3.77. The average molecular weight is 288 g/mol. The molecule has 1 atom stereocenters. The topological polar surface area (TPSA) is 26.0 Å². The zero-order valence-electron chi connectivity index (χ0n) is 12.4. The van der Waals surface area contributed by atoms with Crippen molar-refractivity contribution in [1.82, 2.24) is 0 Å². The minimum absolute atomic E-state index is 0.122. The van der Waals surface area contributed by atoms with Crippen molar-refractivity contribution in [3.05, 3.63) is 69.2 Å². The Hall–Kier alpha value is -1.31. The molecule has 0 bridgehead atoms. The van der Waals surface area contributed by atoms with E-state index in [1.807, 2.05) is 19.1 Å². The average Bonchev–Trinajstić information content (AvgIpc) is 2.44. The number of hydrogen-bond acceptors (Lipinski definition) is 1. The van der Waals surface area contributed by atoms with E-state index in [0.717, 1.165) is 34.6 Å². The van der Waals surface area contributed by atoms with Gasteiger partial charge in [-0.2, -0.15) is 0 Å². The molecule has 0 saturated heterocycles. The molecule has 0 radical (unpaired) electrons. The van der Waals surface area contributed by atoms with Crippen LogP contribution in [0.3, 0.4) is 0 Å². The molecule has 1 nitrogen and oxygen atoms in total. The van der Waals surface area contributed by atoms with E-state index < -0.39 is 0 Å². The minimum Gasteiger partial charge on any atom is -0.320 e. The Labute approximate surface area is 126 Å². The lowest BCUT2D eigenvalue weighted by Crippen LogP contribution is -2.13. The molecule has 106 valence electrons. The van der Waals surface area contributed by atoms with Crippen LogP contribution in [-0.4, -0.2) is 0 Å². The van der Waals surface area contributed by atoms with Crippen LogP contribution in [0.15, 0.2) is 36.4 Å². The number of nitrogens with two attached hydrogens (primary N) is 1. The third kappa shape index (κ3) is 3.23. The largest absolute Gasteiger partial charge is 0.320 e. The van der Waals surface area contributed by atoms with Crippen molar-refractivity contribution in [3.8, 4) is 0 Å². The standard InChI is InChI=1S/C18H22ClN/c1-4-13-6-7-15(10-14(13)5-2)18(20)16-8-12(3)9-17(19)11-16/h6-11,18H,4-5,20H2,1-3H3. The van der Waals surface area contributed by atoms with Crippen molar-refractivity contribution in [1.29, 1.82) is 0 Å². The fraction of sp³-hybridized carbons (Fsp3) is 0.333. The van der Waals surface area contributed by atoms with Crippen LogP contribution in [0.1, 0.15) is 47.7 Å². The van der Waals surface area contributed by atoms with Crippen molar-refractivity contribution in [2.24, 2.45) is 5.73 Å². The second-order valence-corrected chi connectivity index (χ2v) is 5.71. The second kappa shape index (κ2) is 6.43. The lowest BCUT2D eigenvalue weighted by atomic mass is 9.93. The van der Waals surface area contributed by atoms with Gasteiger partial charge >= 0.3 is 0 Å². The molecule has 0 fully saturated rings. The van der Waals surface area contributed by atoms with Crippen LogP contribution in [0.2, 0.25) is 5.02 Å². The predicted octanol–water partition coefficient (Wildman–Crippen LogP) is 4.82. The smallest absolute Gasteiger partial charge is 0.0552 e. The highest BCUT2D eigenvalue weighted by Gasteiger charge is 2.12. The van der Waals surface area contributed by atoms with Gasteiger partial charge in [0.25, 0.3) is 0 Å². The van der Waals surface area contributed by atoms with Crippen LogP contribution in [0, 0.1) is 6.92 Å². The lowest BCUT2D eigenvalue weighted by Gasteiger charge is -2.16. The summed E-state index contributed by atoms with van der Waals surface area (Å²) in [5, 5.41) is 0.747. The normalized spacial score (nSPS) is 12.4. The van der Waals surface area contributed by atoms with Crippen LogP contribution in [0.4, 0.5) is 0 Å². The predicted molar refractivity (Wildman–Crippen MR) is 87.4 cm³/mol. The highest BCUT2D eigenvalue weighted by atomic mass is 35.5. The lowest BCUT2D eigenvalue weighted by molar-refractivity contribution is 0.862. The van der Waals surface area contributed by atoms with Crippen molar-refractivity contribution in [2.45, 2.75) is 39.7 Å². The van der Waals surface area contributed by atoms with Gasteiger partial charge < -0.3 is 5.73 Å². The number of halogens is 1. The first-order chi connectivity index (χ1) is 9.55. The van der Waals surface area contributed by atoms with Crippen molar-refractivity contribution >= 4 is 11.6 Å². The van der Waals surface area contributed by atoms with Crippen molar-refractivity contribution < 1.29 is 0 Å². The van der Waals surface area contributed by atoms with Crippen molar-refractivity contribution in [2.75, 3.05) is 0 Å². The highest BCUT2D eigenvalue weighted by molar-refractivity contribution is 6.30. The van der Waals surface area contributed by atoms with Gasteiger partial charge in [0.15, 0.2) is 0 Å². The molecule has 2 aromatic carbocycles. The van der Waals surface area contributed by atoms with Gasteiger partial charge in [0.05, 0.1) is 6.04 Å². The quantitative estimate of drug-likeness (QED) is 0.857. The fourth-order valence-electron chi connectivity index (χ4n) is 2.65. The molecule has 0 aromatic heterocycles. The molecular weight excluding hydrogens is 266 g/mol. The fourth-order valence-corrected chi connectivity index (χ4v) is 2.95. The molecule has 20 heavy (non-hydrogen) atoms. The maximum atomic E-state index is 6.41. The van der Waals surface area contributed by atoms with Crippen LogP contribution < -0.4 is 5.73 Å². The SMILES string of the molecule is CCc1ccc(C(N)c2cc(C)cc(Cl)c2)cc1CC. The van der Waals surface area contributed by atoms with Gasteiger partial charge in [-0.05, 0) is 59.7 Å². The second-order valence-electron chi connectivity index (χ2n) is 5.27. The van der Waals surface area contributed by atoms with Gasteiger partial charge in [-0.25, -0.2) is 0 Å². The van der Waals surface area contributed by atoms with E-state index in [2.05, 4.69) is 38.1 Å². The van der Waals surface area contributed by atoms with Gasteiger partial charge in [-0.15, -0.1) is 0 Å². The summed E-state index contributed by atoms with van der Waals surface area (Å²) in [6, 6.07) is 12.5. The zero-order chi connectivity index (χ0) is 14.7. The van der Waals surface area contributed by atoms with E-state index in [0.29, 0.717) is 0 Å². The molecule has 2 aromatic rings. The van der Waals surface area contributed by atoms with Gasteiger partial charge in [0, 0.05) is 5.02 Å².